The topological polar surface area (TPSA) is 55.8 Å². The van der Waals surface area contributed by atoms with Crippen LogP contribution in [0.25, 0.3) is 0 Å². The molecule has 260 valence electrons. The number of aryl methyl sites for hydroxylation is 2. The van der Waals surface area contributed by atoms with Gasteiger partial charge < -0.3 is 14.6 Å². The Labute approximate surface area is 289 Å². The molecule has 0 spiro atoms. The third-order valence-corrected chi connectivity index (χ3v) is 15.5. The van der Waals surface area contributed by atoms with Crippen LogP contribution in [0, 0.1) is 54.3 Å². The molecule has 6 aliphatic carbocycles. The molecule has 2 aromatic rings. The summed E-state index contributed by atoms with van der Waals surface area (Å²) in [6, 6.07) is 13.3. The van der Waals surface area contributed by atoms with E-state index >= 15 is 0 Å². The van der Waals surface area contributed by atoms with E-state index in [1.807, 2.05) is 0 Å². The Hall–Kier alpha value is -2.01. The lowest BCUT2D eigenvalue weighted by molar-refractivity contribution is -0.213. The average Bonchev–Trinajstić information content (AvgIpc) is 3.57. The summed E-state index contributed by atoms with van der Waals surface area (Å²) in [5, 5.41) is 10.9. The zero-order valence-corrected chi connectivity index (χ0v) is 30.3. The van der Waals surface area contributed by atoms with Crippen LogP contribution >= 0.6 is 0 Å². The van der Waals surface area contributed by atoms with Crippen LogP contribution < -0.4 is 0 Å². The first-order valence-electron chi connectivity index (χ1n) is 19.8. The summed E-state index contributed by atoms with van der Waals surface area (Å²) in [6.45, 7) is 12.5. The number of carbonyl (C=O) groups is 1. The molecular formula is C44H60O4. The standard InChI is InChI=1S/C24H34O3.C20H26O/c1-15-6-7-16-17-10-11-24(2)20(18(17)14-21(25)19(16)13-15)8-9-22(24)27-23-5-3-4-12-26-23;1-12-4-6-14-15-8-9-20(3)13(2)5-7-18(20)16(15)11-19(21)17(14)10-12/h6-7,13,17-18,20-23,25H,3-5,8-12,14H2,1-2H3;4,6,10,13,15-16,18H,5,7-9,11H2,1-3H3. The van der Waals surface area contributed by atoms with E-state index in [1.54, 1.807) is 0 Å². The van der Waals surface area contributed by atoms with E-state index in [4.69, 9.17) is 9.47 Å². The van der Waals surface area contributed by atoms with Gasteiger partial charge in [-0.1, -0.05) is 62.2 Å². The van der Waals surface area contributed by atoms with Gasteiger partial charge in [-0.25, -0.2) is 0 Å². The molecule has 1 saturated heterocycles. The van der Waals surface area contributed by atoms with Crippen molar-refractivity contribution in [3.8, 4) is 0 Å². The predicted octanol–water partition coefficient (Wildman–Crippen LogP) is 10.4. The Morgan fingerprint density at radius 2 is 1.46 bits per heavy atom. The van der Waals surface area contributed by atoms with Gasteiger partial charge in [0, 0.05) is 18.6 Å². The van der Waals surface area contributed by atoms with Gasteiger partial charge in [0.05, 0.1) is 12.2 Å². The first-order chi connectivity index (χ1) is 23.1. The van der Waals surface area contributed by atoms with Crippen molar-refractivity contribution in [3.05, 3.63) is 69.8 Å². The molecule has 9 rings (SSSR count). The van der Waals surface area contributed by atoms with Crippen LogP contribution in [0.1, 0.15) is 160 Å². The van der Waals surface area contributed by atoms with E-state index in [2.05, 4.69) is 71.0 Å². The molecule has 0 amide bonds. The molecular weight excluding hydrogens is 592 g/mol. The van der Waals surface area contributed by atoms with Crippen LogP contribution in [-0.4, -0.2) is 29.9 Å². The first kappa shape index (κ1) is 33.2. The first-order valence-corrected chi connectivity index (χ1v) is 19.8. The minimum atomic E-state index is -0.301. The zero-order chi connectivity index (χ0) is 33.4. The Morgan fingerprint density at radius 1 is 0.771 bits per heavy atom. The third-order valence-electron chi connectivity index (χ3n) is 15.5. The van der Waals surface area contributed by atoms with Crippen molar-refractivity contribution in [2.45, 2.75) is 148 Å². The van der Waals surface area contributed by atoms with Gasteiger partial charge in [-0.2, -0.15) is 0 Å². The van der Waals surface area contributed by atoms with E-state index in [9.17, 15) is 9.90 Å². The van der Waals surface area contributed by atoms with Gasteiger partial charge in [-0.3, -0.25) is 4.79 Å². The van der Waals surface area contributed by atoms with Gasteiger partial charge >= 0.3 is 0 Å². The van der Waals surface area contributed by atoms with Gasteiger partial charge in [-0.15, -0.1) is 0 Å². The predicted molar refractivity (Wildman–Crippen MR) is 191 cm³/mol. The minimum absolute atomic E-state index is 0.0118. The van der Waals surface area contributed by atoms with Crippen LogP contribution in [-0.2, 0) is 9.47 Å². The number of fused-ring (bicyclic) bond motifs is 10. The number of aliphatic hydroxyl groups excluding tert-OH is 1. The molecule has 2 aromatic carbocycles. The maximum absolute atomic E-state index is 12.7. The fourth-order valence-electron chi connectivity index (χ4n) is 12.7. The Balaban J connectivity index is 0.000000145. The second-order valence-electron chi connectivity index (χ2n) is 17.9. The molecule has 12 atom stereocenters. The van der Waals surface area contributed by atoms with Crippen LogP contribution in [0.5, 0.6) is 0 Å². The lowest BCUT2D eigenvalue weighted by Crippen LogP contribution is -2.46. The summed E-state index contributed by atoms with van der Waals surface area (Å²) in [5.41, 5.74) is 8.22. The zero-order valence-electron chi connectivity index (χ0n) is 30.3. The molecule has 0 bridgehead atoms. The number of benzene rings is 2. The fraction of sp³-hybridized carbons (Fsp3) is 0.705. The molecule has 1 aliphatic heterocycles. The molecule has 0 aromatic heterocycles. The highest BCUT2D eigenvalue weighted by atomic mass is 16.7. The maximum Gasteiger partial charge on any atom is 0.163 e. The number of hydrogen-bond acceptors (Lipinski definition) is 4. The van der Waals surface area contributed by atoms with Crippen LogP contribution in [0.4, 0.5) is 0 Å². The third kappa shape index (κ3) is 5.46. The molecule has 0 radical (unpaired) electrons. The quantitative estimate of drug-likeness (QED) is 0.351. The monoisotopic (exact) mass is 652 g/mol. The van der Waals surface area contributed by atoms with E-state index < -0.39 is 0 Å². The highest BCUT2D eigenvalue weighted by Crippen LogP contribution is 2.64. The number of carbonyl (C=O) groups excluding carboxylic acids is 1. The minimum Gasteiger partial charge on any atom is -0.388 e. The molecule has 48 heavy (non-hydrogen) atoms. The summed E-state index contributed by atoms with van der Waals surface area (Å²) < 4.78 is 12.4. The SMILES string of the molecule is Cc1ccc2c(c1)C(=O)CC1C2CCC2(C)C(C)CCC12.Cc1ccc2c(c1)C(O)CC1C2CCC2(C)C(OC3CCCCO3)CCC12. The van der Waals surface area contributed by atoms with Gasteiger partial charge in [0.15, 0.2) is 12.1 Å². The molecule has 4 saturated carbocycles. The Morgan fingerprint density at radius 3 is 2.23 bits per heavy atom. The summed E-state index contributed by atoms with van der Waals surface area (Å²) in [4.78, 5) is 12.7. The summed E-state index contributed by atoms with van der Waals surface area (Å²) in [7, 11) is 0. The van der Waals surface area contributed by atoms with Crippen molar-refractivity contribution < 1.29 is 19.4 Å². The number of aliphatic hydroxyl groups is 1. The Bertz CT molecular complexity index is 1520. The van der Waals surface area contributed by atoms with E-state index in [-0.39, 0.29) is 17.8 Å². The lowest BCUT2D eigenvalue weighted by atomic mass is 9.54. The van der Waals surface area contributed by atoms with Crippen molar-refractivity contribution in [2.24, 2.45) is 40.4 Å². The van der Waals surface area contributed by atoms with Gasteiger partial charge in [0.25, 0.3) is 0 Å². The highest BCUT2D eigenvalue weighted by Gasteiger charge is 2.57. The molecule has 1 heterocycles. The molecule has 5 fully saturated rings. The van der Waals surface area contributed by atoms with E-state index in [0.29, 0.717) is 46.9 Å². The number of hydrogen-bond donors (Lipinski definition) is 1. The average molecular weight is 653 g/mol. The number of ether oxygens (including phenoxy) is 2. The lowest BCUT2D eigenvalue weighted by Gasteiger charge is -2.51. The van der Waals surface area contributed by atoms with Gasteiger partial charge in [-0.05, 0) is 166 Å². The van der Waals surface area contributed by atoms with Crippen LogP contribution in [0.3, 0.4) is 0 Å². The van der Waals surface area contributed by atoms with Gasteiger partial charge in [0.1, 0.15) is 0 Å². The van der Waals surface area contributed by atoms with Gasteiger partial charge in [0.2, 0.25) is 0 Å². The number of ketones is 1. The summed E-state index contributed by atoms with van der Waals surface area (Å²) in [5.74, 6) is 5.12. The normalized spacial score (nSPS) is 42.7. The van der Waals surface area contributed by atoms with E-state index in [0.717, 1.165) is 49.7 Å². The van der Waals surface area contributed by atoms with Crippen molar-refractivity contribution in [2.75, 3.05) is 6.61 Å². The summed E-state index contributed by atoms with van der Waals surface area (Å²) in [6.07, 6.45) is 15.4. The molecule has 12 unspecified atom stereocenters. The highest BCUT2D eigenvalue weighted by molar-refractivity contribution is 5.99. The second-order valence-corrected chi connectivity index (χ2v) is 17.9. The van der Waals surface area contributed by atoms with Crippen molar-refractivity contribution in [3.63, 3.8) is 0 Å². The molecule has 7 aliphatic rings. The smallest absolute Gasteiger partial charge is 0.163 e. The molecule has 4 heteroatoms. The van der Waals surface area contributed by atoms with Crippen LogP contribution in [0.2, 0.25) is 0 Å². The molecule has 1 N–H and O–H groups in total. The van der Waals surface area contributed by atoms with Crippen molar-refractivity contribution >= 4 is 5.78 Å². The summed E-state index contributed by atoms with van der Waals surface area (Å²) >= 11 is 0. The fourth-order valence-corrected chi connectivity index (χ4v) is 12.7. The second kappa shape index (κ2) is 12.6. The maximum atomic E-state index is 12.7. The largest absolute Gasteiger partial charge is 0.388 e. The Kier molecular flexibility index (Phi) is 8.73. The van der Waals surface area contributed by atoms with Crippen molar-refractivity contribution in [1.29, 1.82) is 0 Å². The number of Topliss-reactive ketones (excluding diaryl/α,β-unsaturated/α-hetero) is 1. The van der Waals surface area contributed by atoms with E-state index in [1.165, 1.54) is 85.6 Å². The van der Waals surface area contributed by atoms with Crippen molar-refractivity contribution in [1.82, 2.24) is 0 Å². The molecule has 4 nitrogen and oxygen atoms in total. The number of rotatable bonds is 2. The van der Waals surface area contributed by atoms with Crippen LogP contribution in [0.15, 0.2) is 36.4 Å².